The molecule has 0 atom stereocenters. The van der Waals surface area contributed by atoms with Crippen molar-refractivity contribution < 1.29 is 5.11 Å². The van der Waals surface area contributed by atoms with E-state index in [9.17, 15) is 5.11 Å². The maximum absolute atomic E-state index is 9.83. The summed E-state index contributed by atoms with van der Waals surface area (Å²) < 4.78 is 1.70. The van der Waals surface area contributed by atoms with Crippen LogP contribution in [0.4, 0.5) is 0 Å². The summed E-state index contributed by atoms with van der Waals surface area (Å²) in [5, 5.41) is 22.4. The lowest BCUT2D eigenvalue weighted by molar-refractivity contribution is 0.466. The second-order valence-electron chi connectivity index (χ2n) is 4.72. The van der Waals surface area contributed by atoms with E-state index in [1.807, 2.05) is 56.3 Å². The predicted octanol–water partition coefficient (Wildman–Crippen LogP) is 3.14. The summed E-state index contributed by atoms with van der Waals surface area (Å²) >= 11 is 1.47. The van der Waals surface area contributed by atoms with Gasteiger partial charge in [-0.3, -0.25) is 0 Å². The van der Waals surface area contributed by atoms with Gasteiger partial charge in [0.15, 0.2) is 0 Å². The number of hydrogen-bond donors (Lipinski definition) is 1. The normalized spacial score (nSPS) is 10.8. The van der Waals surface area contributed by atoms with Gasteiger partial charge in [0.1, 0.15) is 5.75 Å². The molecule has 0 spiro atoms. The van der Waals surface area contributed by atoms with Gasteiger partial charge < -0.3 is 5.11 Å². The third kappa shape index (κ3) is 2.75. The molecule has 0 saturated heterocycles. The van der Waals surface area contributed by atoms with Gasteiger partial charge in [0, 0.05) is 4.90 Å². The van der Waals surface area contributed by atoms with Gasteiger partial charge in [-0.1, -0.05) is 18.2 Å². The zero-order valence-corrected chi connectivity index (χ0v) is 12.5. The molecule has 0 aliphatic carbocycles. The lowest BCUT2D eigenvalue weighted by atomic mass is 10.1. The molecule has 5 nitrogen and oxygen atoms in total. The van der Waals surface area contributed by atoms with Gasteiger partial charge in [-0.25, -0.2) is 0 Å². The Kier molecular flexibility index (Phi) is 3.62. The second-order valence-corrected chi connectivity index (χ2v) is 5.76. The molecular weight excluding hydrogens is 284 g/mol. The van der Waals surface area contributed by atoms with E-state index in [1.165, 1.54) is 11.8 Å². The number of phenols is 1. The molecule has 0 fully saturated rings. The van der Waals surface area contributed by atoms with Gasteiger partial charge in [-0.2, -0.15) is 4.68 Å². The van der Waals surface area contributed by atoms with Crippen LogP contribution in [0.5, 0.6) is 5.75 Å². The predicted molar refractivity (Wildman–Crippen MR) is 80.9 cm³/mol. The first-order valence-electron chi connectivity index (χ1n) is 6.47. The molecule has 6 heteroatoms. The van der Waals surface area contributed by atoms with Crippen LogP contribution in [0, 0.1) is 13.8 Å². The molecule has 0 saturated carbocycles. The average Bonchev–Trinajstić information content (AvgIpc) is 2.94. The van der Waals surface area contributed by atoms with Crippen LogP contribution in [-0.4, -0.2) is 25.3 Å². The minimum absolute atomic E-state index is 0.335. The maximum Gasteiger partial charge on any atom is 0.218 e. The first kappa shape index (κ1) is 13.6. The summed E-state index contributed by atoms with van der Waals surface area (Å²) in [6.45, 7) is 3.76. The number of nitrogens with zero attached hydrogens (tertiary/aromatic N) is 4. The van der Waals surface area contributed by atoms with E-state index in [0.29, 0.717) is 10.9 Å². The lowest BCUT2D eigenvalue weighted by Gasteiger charge is -2.07. The molecule has 0 amide bonds. The van der Waals surface area contributed by atoms with E-state index in [2.05, 4.69) is 15.5 Å². The Morgan fingerprint density at radius 3 is 2.38 bits per heavy atom. The zero-order valence-electron chi connectivity index (χ0n) is 11.7. The van der Waals surface area contributed by atoms with Gasteiger partial charge in [0.05, 0.1) is 5.69 Å². The van der Waals surface area contributed by atoms with Gasteiger partial charge in [0.25, 0.3) is 0 Å². The summed E-state index contributed by atoms with van der Waals surface area (Å²) in [7, 11) is 0. The van der Waals surface area contributed by atoms with Crippen LogP contribution in [0.25, 0.3) is 5.69 Å². The smallest absolute Gasteiger partial charge is 0.218 e. The number of rotatable bonds is 3. The number of aromatic nitrogens is 4. The molecule has 1 aromatic heterocycles. The largest absolute Gasteiger partial charge is 0.507 e. The van der Waals surface area contributed by atoms with Crippen molar-refractivity contribution in [2.75, 3.05) is 0 Å². The van der Waals surface area contributed by atoms with Crippen LogP contribution in [0.3, 0.4) is 0 Å². The molecule has 21 heavy (non-hydrogen) atoms. The highest BCUT2D eigenvalue weighted by molar-refractivity contribution is 7.99. The number of tetrazole rings is 1. The van der Waals surface area contributed by atoms with Crippen molar-refractivity contribution in [2.24, 2.45) is 0 Å². The van der Waals surface area contributed by atoms with Gasteiger partial charge >= 0.3 is 0 Å². The van der Waals surface area contributed by atoms with Gasteiger partial charge in [0.2, 0.25) is 5.16 Å². The molecule has 1 N–H and O–H groups in total. The van der Waals surface area contributed by atoms with Crippen molar-refractivity contribution in [3.63, 3.8) is 0 Å². The maximum atomic E-state index is 9.83. The van der Waals surface area contributed by atoms with E-state index >= 15 is 0 Å². The van der Waals surface area contributed by atoms with Crippen molar-refractivity contribution in [1.29, 1.82) is 0 Å². The fourth-order valence-corrected chi connectivity index (χ4v) is 3.04. The van der Waals surface area contributed by atoms with E-state index in [-0.39, 0.29) is 0 Å². The Balaban J connectivity index is 1.95. The fourth-order valence-electron chi connectivity index (χ4n) is 2.05. The molecule has 2 aromatic carbocycles. The molecule has 0 radical (unpaired) electrons. The van der Waals surface area contributed by atoms with Crippen LogP contribution in [-0.2, 0) is 0 Å². The Morgan fingerprint density at radius 1 is 1.05 bits per heavy atom. The van der Waals surface area contributed by atoms with Crippen molar-refractivity contribution >= 4 is 11.8 Å². The highest BCUT2D eigenvalue weighted by atomic mass is 32.2. The highest BCUT2D eigenvalue weighted by Gasteiger charge is 2.11. The summed E-state index contributed by atoms with van der Waals surface area (Å²) in [5.74, 6) is 0.335. The molecule has 0 aliphatic heterocycles. The number of aromatic hydroxyl groups is 1. The van der Waals surface area contributed by atoms with Gasteiger partial charge in [-0.15, -0.1) is 5.10 Å². The molecule has 3 rings (SSSR count). The van der Waals surface area contributed by atoms with Crippen molar-refractivity contribution in [2.45, 2.75) is 23.9 Å². The number of hydrogen-bond acceptors (Lipinski definition) is 5. The highest BCUT2D eigenvalue weighted by Crippen LogP contribution is 2.32. The minimum Gasteiger partial charge on any atom is -0.507 e. The van der Waals surface area contributed by atoms with Crippen LogP contribution in [0.2, 0.25) is 0 Å². The number of aryl methyl sites for hydroxylation is 2. The fraction of sp³-hybridized carbons (Fsp3) is 0.133. The Morgan fingerprint density at radius 2 is 1.71 bits per heavy atom. The lowest BCUT2D eigenvalue weighted by Crippen LogP contribution is -1.98. The molecule has 0 aliphatic rings. The van der Waals surface area contributed by atoms with Crippen molar-refractivity contribution in [1.82, 2.24) is 20.2 Å². The van der Waals surface area contributed by atoms with E-state index in [4.69, 9.17) is 0 Å². The van der Waals surface area contributed by atoms with Crippen LogP contribution in [0.1, 0.15) is 11.1 Å². The summed E-state index contributed by atoms with van der Waals surface area (Å²) in [6.07, 6.45) is 0. The van der Waals surface area contributed by atoms with Crippen LogP contribution < -0.4 is 0 Å². The standard InChI is InChI=1S/C15H14N4OS/c1-10-8-13(9-11(2)14(10)20)21-15-16-17-18-19(15)12-6-4-3-5-7-12/h3-9,20H,1-2H3. The van der Waals surface area contributed by atoms with Gasteiger partial charge in [-0.05, 0) is 71.4 Å². The minimum atomic E-state index is 0.335. The Bertz CT molecular complexity index is 747. The third-order valence-corrected chi connectivity index (χ3v) is 4.02. The van der Waals surface area contributed by atoms with Crippen molar-refractivity contribution in [3.8, 4) is 11.4 Å². The van der Waals surface area contributed by atoms with E-state index < -0.39 is 0 Å². The Labute approximate surface area is 126 Å². The average molecular weight is 298 g/mol. The van der Waals surface area contributed by atoms with Crippen LogP contribution in [0.15, 0.2) is 52.5 Å². The third-order valence-electron chi connectivity index (χ3n) is 3.12. The van der Waals surface area contributed by atoms with E-state index in [0.717, 1.165) is 21.7 Å². The molecule has 0 bridgehead atoms. The SMILES string of the molecule is Cc1cc(Sc2nnnn2-c2ccccc2)cc(C)c1O. The monoisotopic (exact) mass is 298 g/mol. The molecule has 1 heterocycles. The van der Waals surface area contributed by atoms with Crippen LogP contribution >= 0.6 is 11.8 Å². The first-order valence-corrected chi connectivity index (χ1v) is 7.28. The topological polar surface area (TPSA) is 63.8 Å². The summed E-state index contributed by atoms with van der Waals surface area (Å²) in [6, 6.07) is 13.6. The quantitative estimate of drug-likeness (QED) is 0.805. The molecule has 3 aromatic rings. The zero-order chi connectivity index (χ0) is 14.8. The Hall–Kier alpha value is -2.34. The number of benzene rings is 2. The summed E-state index contributed by atoms with van der Waals surface area (Å²) in [5.41, 5.74) is 2.60. The number of para-hydroxylation sites is 1. The number of phenolic OH excluding ortho intramolecular Hbond substituents is 1. The van der Waals surface area contributed by atoms with E-state index in [1.54, 1.807) is 4.68 Å². The first-order chi connectivity index (χ1) is 10.1. The molecular formula is C15H14N4OS. The molecule has 106 valence electrons. The van der Waals surface area contributed by atoms with Crippen molar-refractivity contribution in [3.05, 3.63) is 53.6 Å². The summed E-state index contributed by atoms with van der Waals surface area (Å²) in [4.78, 5) is 0.995. The second kappa shape index (κ2) is 5.57. The molecule has 0 unspecified atom stereocenters.